The molecule has 1 fully saturated rings. The van der Waals surface area contributed by atoms with Crippen LogP contribution in [0.15, 0.2) is 36.5 Å². The summed E-state index contributed by atoms with van der Waals surface area (Å²) >= 11 is 0. The topological polar surface area (TPSA) is 59.7 Å². The van der Waals surface area contributed by atoms with Gasteiger partial charge in [-0.2, -0.15) is 5.10 Å². The lowest BCUT2D eigenvalue weighted by Crippen LogP contribution is -2.47. The summed E-state index contributed by atoms with van der Waals surface area (Å²) < 4.78 is 33.8. The van der Waals surface area contributed by atoms with Gasteiger partial charge in [-0.05, 0) is 63.4 Å². The first-order valence-electron chi connectivity index (χ1n) is 10.0. The fourth-order valence-corrected chi connectivity index (χ4v) is 4.16. The Hall–Kier alpha value is -3.03. The number of aromatic nitrogens is 3. The molecular weight excluding hydrogens is 390 g/mol. The minimum atomic E-state index is -2.76. The summed E-state index contributed by atoms with van der Waals surface area (Å²) in [4.78, 5) is 19.7. The van der Waals surface area contributed by atoms with Crippen LogP contribution in [0.5, 0.6) is 5.75 Å². The van der Waals surface area contributed by atoms with Crippen LogP contribution in [0, 0.1) is 0 Å². The predicted octanol–water partition coefficient (Wildman–Crippen LogP) is 4.75. The Morgan fingerprint density at radius 2 is 1.83 bits per heavy atom. The molecule has 30 heavy (non-hydrogen) atoms. The fourth-order valence-electron chi connectivity index (χ4n) is 4.16. The Kier molecular flexibility index (Phi) is 5.40. The van der Waals surface area contributed by atoms with Crippen LogP contribution in [0.1, 0.15) is 55.6 Å². The number of rotatable bonds is 4. The zero-order valence-electron chi connectivity index (χ0n) is 17.2. The van der Waals surface area contributed by atoms with Gasteiger partial charge in [-0.25, -0.2) is 18.3 Å². The number of likely N-dealkylation sites (tertiary alicyclic amines) is 1. The van der Waals surface area contributed by atoms with Crippen molar-refractivity contribution in [2.45, 2.75) is 51.6 Å². The number of methoxy groups -OCH3 is 1. The highest BCUT2D eigenvalue weighted by atomic mass is 19.3. The number of hydrogen-bond donors (Lipinski definition) is 0. The van der Waals surface area contributed by atoms with Gasteiger partial charge < -0.3 is 9.64 Å². The van der Waals surface area contributed by atoms with Crippen molar-refractivity contribution >= 4 is 11.6 Å². The lowest BCUT2D eigenvalue weighted by molar-refractivity contribution is 0.0512. The van der Waals surface area contributed by atoms with E-state index in [1.807, 2.05) is 18.7 Å². The number of benzene rings is 1. The number of alkyl halides is 2. The molecule has 2 aromatic heterocycles. The maximum absolute atomic E-state index is 13.8. The summed E-state index contributed by atoms with van der Waals surface area (Å²) in [5.41, 5.74) is 1.10. The number of halogens is 2. The minimum absolute atomic E-state index is 0.0792. The van der Waals surface area contributed by atoms with Crippen molar-refractivity contribution in [3.05, 3.63) is 47.8 Å². The summed E-state index contributed by atoms with van der Waals surface area (Å²) in [5.74, 6) is 0.437. The summed E-state index contributed by atoms with van der Waals surface area (Å²) in [5, 5.41) is 4.07. The third-order valence-electron chi connectivity index (χ3n) is 5.77. The molecule has 0 bridgehead atoms. The number of carbonyl (C=O) groups is 1. The largest absolute Gasteiger partial charge is 0.497 e. The molecule has 0 unspecified atom stereocenters. The summed E-state index contributed by atoms with van der Waals surface area (Å²) in [7, 11) is 1.56. The van der Waals surface area contributed by atoms with Gasteiger partial charge in [-0.1, -0.05) is 0 Å². The Labute approximate surface area is 173 Å². The normalized spacial score (nSPS) is 19.5. The van der Waals surface area contributed by atoms with Gasteiger partial charge in [-0.3, -0.25) is 4.79 Å². The molecule has 4 rings (SSSR count). The van der Waals surface area contributed by atoms with Gasteiger partial charge >= 0.3 is 0 Å². The van der Waals surface area contributed by atoms with Crippen LogP contribution in [-0.4, -0.2) is 44.6 Å². The van der Waals surface area contributed by atoms with Crippen molar-refractivity contribution in [1.29, 1.82) is 0 Å². The van der Waals surface area contributed by atoms with E-state index in [9.17, 15) is 13.6 Å². The Morgan fingerprint density at radius 1 is 1.17 bits per heavy atom. The second-order valence-corrected chi connectivity index (χ2v) is 7.73. The fraction of sp³-hybridized carbons (Fsp3) is 0.409. The molecule has 3 heterocycles. The molecule has 0 aliphatic carbocycles. The second kappa shape index (κ2) is 8.01. The van der Waals surface area contributed by atoms with E-state index in [2.05, 4.69) is 10.1 Å². The summed E-state index contributed by atoms with van der Waals surface area (Å²) in [6.07, 6.45) is 1.49. The van der Waals surface area contributed by atoms with Crippen molar-refractivity contribution in [3.63, 3.8) is 0 Å². The first-order valence-corrected chi connectivity index (χ1v) is 10.0. The Bertz CT molecular complexity index is 1050. The monoisotopic (exact) mass is 414 g/mol. The van der Waals surface area contributed by atoms with Crippen LogP contribution >= 0.6 is 0 Å². The number of fused-ring (bicyclic) bond motifs is 1. The molecule has 0 saturated carbocycles. The average molecular weight is 414 g/mol. The second-order valence-electron chi connectivity index (χ2n) is 7.73. The van der Waals surface area contributed by atoms with E-state index >= 15 is 0 Å². The van der Waals surface area contributed by atoms with Crippen molar-refractivity contribution < 1.29 is 18.3 Å². The third kappa shape index (κ3) is 3.51. The van der Waals surface area contributed by atoms with Crippen molar-refractivity contribution in [1.82, 2.24) is 19.5 Å². The number of nitrogens with zero attached hydrogens (tertiary/aromatic N) is 4. The SMILES string of the molecule is COc1ccc(-c2cc(C(F)F)n3ncc(C(=O)N4[C@@H](C)CCC[C@@H]4C)c3n2)cc1. The third-order valence-corrected chi connectivity index (χ3v) is 5.77. The highest BCUT2D eigenvalue weighted by molar-refractivity contribution is 6.00. The first kappa shape index (κ1) is 20.3. The lowest BCUT2D eigenvalue weighted by atomic mass is 9.97. The van der Waals surface area contributed by atoms with Gasteiger partial charge in [0.1, 0.15) is 17.0 Å². The van der Waals surface area contributed by atoms with Gasteiger partial charge in [0.2, 0.25) is 0 Å². The van der Waals surface area contributed by atoms with E-state index in [0.717, 1.165) is 23.8 Å². The quantitative estimate of drug-likeness (QED) is 0.618. The van der Waals surface area contributed by atoms with Gasteiger partial charge in [0.25, 0.3) is 12.3 Å². The van der Waals surface area contributed by atoms with E-state index in [-0.39, 0.29) is 34.9 Å². The molecule has 6 nitrogen and oxygen atoms in total. The van der Waals surface area contributed by atoms with Gasteiger partial charge in [-0.15, -0.1) is 0 Å². The predicted molar refractivity (Wildman–Crippen MR) is 109 cm³/mol. The minimum Gasteiger partial charge on any atom is -0.497 e. The summed E-state index contributed by atoms with van der Waals surface area (Å²) in [6.45, 7) is 4.03. The molecule has 0 radical (unpaired) electrons. The standard InChI is InChI=1S/C22H24F2N4O2/c1-13-5-4-6-14(2)27(13)22(29)17-12-25-28-19(20(23)24)11-18(26-21(17)28)15-7-9-16(30-3)10-8-15/h7-14,20H,4-6H2,1-3H3/t13-,14-/m0/s1. The molecule has 1 amide bonds. The number of piperidine rings is 1. The number of ether oxygens (including phenoxy) is 1. The van der Waals surface area contributed by atoms with E-state index in [1.165, 1.54) is 12.3 Å². The Balaban J connectivity index is 1.83. The van der Waals surface area contributed by atoms with Crippen molar-refractivity contribution in [2.24, 2.45) is 0 Å². The lowest BCUT2D eigenvalue weighted by Gasteiger charge is -2.38. The maximum atomic E-state index is 13.8. The van der Waals surface area contributed by atoms with Crippen LogP contribution in [0.25, 0.3) is 16.9 Å². The van der Waals surface area contributed by atoms with Gasteiger partial charge in [0.05, 0.1) is 19.0 Å². The van der Waals surface area contributed by atoms with E-state index in [0.29, 0.717) is 17.0 Å². The first-order chi connectivity index (χ1) is 14.4. The number of hydrogen-bond acceptors (Lipinski definition) is 4. The van der Waals surface area contributed by atoms with Crippen molar-refractivity contribution in [3.8, 4) is 17.0 Å². The van der Waals surface area contributed by atoms with Crippen LogP contribution in [0.4, 0.5) is 8.78 Å². The average Bonchev–Trinajstić information content (AvgIpc) is 3.16. The molecule has 1 aliphatic rings. The Morgan fingerprint density at radius 3 is 2.43 bits per heavy atom. The molecule has 1 saturated heterocycles. The van der Waals surface area contributed by atoms with Crippen LogP contribution < -0.4 is 4.74 Å². The van der Waals surface area contributed by atoms with Gasteiger partial charge in [0, 0.05) is 17.6 Å². The zero-order chi connectivity index (χ0) is 21.4. The van der Waals surface area contributed by atoms with Gasteiger partial charge in [0.15, 0.2) is 5.65 Å². The molecule has 158 valence electrons. The highest BCUT2D eigenvalue weighted by Gasteiger charge is 2.32. The summed E-state index contributed by atoms with van der Waals surface area (Å²) in [6, 6.07) is 8.45. The molecule has 3 aromatic rings. The van der Waals surface area contributed by atoms with Crippen LogP contribution in [0.3, 0.4) is 0 Å². The molecule has 1 aliphatic heterocycles. The van der Waals surface area contributed by atoms with Crippen LogP contribution in [-0.2, 0) is 0 Å². The highest BCUT2D eigenvalue weighted by Crippen LogP contribution is 2.30. The molecule has 8 heteroatoms. The molecular formula is C22H24F2N4O2. The van der Waals surface area contributed by atoms with Crippen LogP contribution in [0.2, 0.25) is 0 Å². The van der Waals surface area contributed by atoms with E-state index in [4.69, 9.17) is 4.74 Å². The molecule has 0 spiro atoms. The molecule has 1 aromatic carbocycles. The zero-order valence-corrected chi connectivity index (χ0v) is 17.2. The molecule has 0 N–H and O–H groups in total. The van der Waals surface area contributed by atoms with E-state index in [1.54, 1.807) is 31.4 Å². The molecule has 2 atom stereocenters. The number of carbonyl (C=O) groups excluding carboxylic acids is 1. The van der Waals surface area contributed by atoms with E-state index < -0.39 is 6.43 Å². The smallest absolute Gasteiger partial charge is 0.280 e. The number of amides is 1. The van der Waals surface area contributed by atoms with Crippen molar-refractivity contribution in [2.75, 3.05) is 7.11 Å². The maximum Gasteiger partial charge on any atom is 0.280 e.